The summed E-state index contributed by atoms with van der Waals surface area (Å²) in [4.78, 5) is 16.3. The molecule has 1 N–H and O–H groups in total. The van der Waals surface area contributed by atoms with Gasteiger partial charge in [0, 0.05) is 40.0 Å². The molecule has 6 aliphatic rings. The molecule has 0 saturated carbocycles. The molecule has 0 radical (unpaired) electrons. The van der Waals surface area contributed by atoms with Gasteiger partial charge in [-0.05, 0) is 66.7 Å². The van der Waals surface area contributed by atoms with Gasteiger partial charge in [-0.25, -0.2) is 9.98 Å². The van der Waals surface area contributed by atoms with Crippen LogP contribution in [0.2, 0.25) is 0 Å². The molecule has 0 saturated heterocycles. The maximum absolute atomic E-state index is 5.21. The van der Waals surface area contributed by atoms with Crippen molar-refractivity contribution < 1.29 is 0 Å². The quantitative estimate of drug-likeness (QED) is 0.414. The van der Waals surface area contributed by atoms with Crippen molar-refractivity contribution in [2.75, 3.05) is 6.54 Å². The first-order valence-corrected chi connectivity index (χ1v) is 15.9. The monoisotopic (exact) mass is 554 g/mol. The number of thioether (sulfide) groups is 1. The van der Waals surface area contributed by atoms with E-state index < -0.39 is 0 Å². The third-order valence-corrected chi connectivity index (χ3v) is 10.6. The van der Waals surface area contributed by atoms with Gasteiger partial charge in [-0.15, -0.1) is 11.8 Å². The van der Waals surface area contributed by atoms with Gasteiger partial charge in [-0.1, -0.05) is 90.6 Å². The van der Waals surface area contributed by atoms with E-state index in [1.807, 2.05) is 0 Å². The van der Waals surface area contributed by atoms with Gasteiger partial charge in [-0.2, -0.15) is 0 Å². The normalized spacial score (nSPS) is 29.9. The number of nitrogens with zero attached hydrogens (tertiary/aromatic N) is 3. The van der Waals surface area contributed by atoms with Crippen LogP contribution in [0.15, 0.2) is 128 Å². The van der Waals surface area contributed by atoms with Crippen molar-refractivity contribution in [1.29, 1.82) is 0 Å². The van der Waals surface area contributed by atoms with Crippen molar-refractivity contribution in [3.8, 4) is 0 Å². The fourth-order valence-corrected chi connectivity index (χ4v) is 8.35. The van der Waals surface area contributed by atoms with Crippen molar-refractivity contribution in [3.05, 3.63) is 119 Å². The molecule has 3 aliphatic heterocycles. The van der Waals surface area contributed by atoms with Crippen LogP contribution in [0.3, 0.4) is 0 Å². The number of aliphatic imine (C=N–C) groups is 3. The molecule has 0 aromatic heterocycles. The summed E-state index contributed by atoms with van der Waals surface area (Å²) in [6.45, 7) is 0.944. The molecule has 3 aliphatic carbocycles. The third kappa shape index (κ3) is 4.70. The van der Waals surface area contributed by atoms with Crippen LogP contribution in [-0.4, -0.2) is 35.8 Å². The molecule has 4 nitrogen and oxygen atoms in total. The Labute approximate surface area is 246 Å². The van der Waals surface area contributed by atoms with E-state index in [0.29, 0.717) is 23.0 Å². The van der Waals surface area contributed by atoms with Crippen molar-refractivity contribution in [3.63, 3.8) is 0 Å². The van der Waals surface area contributed by atoms with Crippen molar-refractivity contribution in [2.45, 2.75) is 48.4 Å². The molecule has 5 atom stereocenters. The second-order valence-electron chi connectivity index (χ2n) is 11.7. The molecule has 3 heterocycles. The van der Waals surface area contributed by atoms with Crippen LogP contribution in [0.5, 0.6) is 0 Å². The molecule has 2 aromatic rings. The average molecular weight is 555 g/mol. The Bertz CT molecular complexity index is 1620. The van der Waals surface area contributed by atoms with Crippen LogP contribution in [-0.2, 0) is 0 Å². The minimum absolute atomic E-state index is 0.131. The lowest BCUT2D eigenvalue weighted by Crippen LogP contribution is -2.40. The zero-order valence-corrected chi connectivity index (χ0v) is 23.9. The number of hydrogen-bond donors (Lipinski definition) is 1. The highest BCUT2D eigenvalue weighted by molar-refractivity contribution is 8.00. The molecule has 0 bridgehead atoms. The molecule has 0 spiro atoms. The summed E-state index contributed by atoms with van der Waals surface area (Å²) in [6.07, 6.45) is 21.9. The predicted octanol–water partition coefficient (Wildman–Crippen LogP) is 7.58. The van der Waals surface area contributed by atoms with Crippen LogP contribution in [0.1, 0.15) is 43.2 Å². The first kappa shape index (κ1) is 25.0. The first-order chi connectivity index (χ1) is 20.3. The fourth-order valence-electron chi connectivity index (χ4n) is 6.99. The zero-order chi connectivity index (χ0) is 27.2. The number of rotatable bonds is 5. The smallest absolute Gasteiger partial charge is 0.159 e. The van der Waals surface area contributed by atoms with Gasteiger partial charge in [0.2, 0.25) is 0 Å². The first-order valence-electron chi connectivity index (χ1n) is 15.0. The van der Waals surface area contributed by atoms with E-state index in [1.54, 1.807) is 11.1 Å². The number of hydrogen-bond acceptors (Lipinski definition) is 5. The molecule has 5 heteroatoms. The van der Waals surface area contributed by atoms with Gasteiger partial charge in [0.25, 0.3) is 0 Å². The average Bonchev–Trinajstić information content (AvgIpc) is 3.39. The topological polar surface area (TPSA) is 49.1 Å². The minimum atomic E-state index is -0.131. The highest BCUT2D eigenvalue weighted by Gasteiger charge is 2.37. The summed E-state index contributed by atoms with van der Waals surface area (Å²) in [5.74, 6) is 3.21. The highest BCUT2D eigenvalue weighted by atomic mass is 32.2. The number of benzene rings is 2. The van der Waals surface area contributed by atoms with E-state index in [4.69, 9.17) is 9.98 Å². The molecular weight excluding hydrogens is 520 g/mol. The Morgan fingerprint density at radius 1 is 0.927 bits per heavy atom. The van der Waals surface area contributed by atoms with Gasteiger partial charge in [0.1, 0.15) is 12.0 Å². The number of amidine groups is 2. The van der Waals surface area contributed by atoms with E-state index in [1.165, 1.54) is 28.9 Å². The molecule has 5 unspecified atom stereocenters. The molecule has 204 valence electrons. The van der Waals surface area contributed by atoms with Crippen LogP contribution < -0.4 is 5.32 Å². The number of allylic oxidation sites excluding steroid dienone is 5. The summed E-state index contributed by atoms with van der Waals surface area (Å²) in [6, 6.07) is 19.4. The lowest BCUT2D eigenvalue weighted by molar-refractivity contribution is 0.422. The van der Waals surface area contributed by atoms with E-state index in [0.717, 1.165) is 48.6 Å². The number of fused-ring (bicyclic) bond motifs is 3. The van der Waals surface area contributed by atoms with Crippen molar-refractivity contribution in [1.82, 2.24) is 5.32 Å². The third-order valence-electron chi connectivity index (χ3n) is 9.22. The molecule has 41 heavy (non-hydrogen) atoms. The Morgan fingerprint density at radius 2 is 1.80 bits per heavy atom. The second kappa shape index (κ2) is 10.6. The number of nitrogens with one attached hydrogen (secondary N) is 1. The summed E-state index contributed by atoms with van der Waals surface area (Å²) in [5.41, 5.74) is 8.01. The Morgan fingerprint density at radius 3 is 2.63 bits per heavy atom. The molecule has 0 amide bonds. The lowest BCUT2D eigenvalue weighted by atomic mass is 9.70. The Hall–Kier alpha value is -3.70. The summed E-state index contributed by atoms with van der Waals surface area (Å²) in [7, 11) is 0. The molecule has 8 rings (SSSR count). The van der Waals surface area contributed by atoms with Gasteiger partial charge in [0.05, 0.1) is 0 Å². The summed E-state index contributed by atoms with van der Waals surface area (Å²) >= 11 is 2.05. The minimum Gasteiger partial charge on any atom is -0.344 e. The van der Waals surface area contributed by atoms with Gasteiger partial charge >= 0.3 is 0 Å². The molecule has 2 aromatic carbocycles. The van der Waals surface area contributed by atoms with Crippen LogP contribution in [0, 0.1) is 17.8 Å². The van der Waals surface area contributed by atoms with Crippen molar-refractivity contribution >= 4 is 35.2 Å². The van der Waals surface area contributed by atoms with E-state index in [2.05, 4.69) is 119 Å². The molecular formula is C36H34N4S. The SMILES string of the molecule is C1=CC(C2N=C(C3=CCC(C4C=NC4)C(C4C=C5c6ccccc6SC5CC4)=C3)N=C(c3ccccc3)N2)=CCC1. The fraction of sp³-hybridized carbons (Fsp3) is 0.306. The van der Waals surface area contributed by atoms with Gasteiger partial charge < -0.3 is 5.32 Å². The van der Waals surface area contributed by atoms with E-state index in [-0.39, 0.29) is 6.17 Å². The van der Waals surface area contributed by atoms with E-state index in [9.17, 15) is 0 Å². The van der Waals surface area contributed by atoms with E-state index >= 15 is 0 Å². The molecule has 0 fully saturated rings. The highest BCUT2D eigenvalue weighted by Crippen LogP contribution is 2.52. The lowest BCUT2D eigenvalue weighted by Gasteiger charge is -2.37. The standard InChI is InChI=1S/C36H34N4S/c1-3-9-23(10-4-1)34-38-35(24-11-5-2-6-12-24)40-36(39-34)26-15-17-28(27-21-37-22-27)30(20-26)25-16-18-33-31(19-25)29-13-7-8-14-32(29)41-33/h1,3-5,7-15,19-21,25,27-28,33,35H,2,6,16-18,22H2,(H,38,39,40). The Kier molecular flexibility index (Phi) is 6.48. The summed E-state index contributed by atoms with van der Waals surface area (Å²) < 4.78 is 0. The largest absolute Gasteiger partial charge is 0.344 e. The van der Waals surface area contributed by atoms with Gasteiger partial charge in [0.15, 0.2) is 5.84 Å². The van der Waals surface area contributed by atoms with Crippen LogP contribution in [0.4, 0.5) is 0 Å². The second-order valence-corrected chi connectivity index (χ2v) is 13.0. The Balaban J connectivity index is 1.18. The maximum Gasteiger partial charge on any atom is 0.159 e. The summed E-state index contributed by atoms with van der Waals surface area (Å²) in [5, 5.41) is 4.22. The maximum atomic E-state index is 5.21. The predicted molar refractivity (Wildman–Crippen MR) is 172 cm³/mol. The van der Waals surface area contributed by atoms with Gasteiger partial charge in [-0.3, -0.25) is 4.99 Å². The zero-order valence-electron chi connectivity index (χ0n) is 23.1. The van der Waals surface area contributed by atoms with Crippen LogP contribution in [0.25, 0.3) is 5.57 Å². The van der Waals surface area contributed by atoms with Crippen molar-refractivity contribution in [2.24, 2.45) is 32.7 Å². The van der Waals surface area contributed by atoms with Crippen LogP contribution >= 0.6 is 11.8 Å².